The van der Waals surface area contributed by atoms with E-state index in [1.54, 1.807) is 17.8 Å². The number of nitrogens with one attached hydrogen (secondary N) is 2. The smallest absolute Gasteiger partial charge is 0.407 e. The number of rotatable bonds is 5. The summed E-state index contributed by atoms with van der Waals surface area (Å²) < 4.78 is 14.5. The first kappa shape index (κ1) is 20.0. The molecule has 1 saturated heterocycles. The van der Waals surface area contributed by atoms with Crippen molar-refractivity contribution in [3.8, 4) is 0 Å². The predicted octanol–water partition coefficient (Wildman–Crippen LogP) is 3.79. The maximum atomic E-state index is 14.5. The second-order valence-electron chi connectivity index (χ2n) is 7.77. The van der Waals surface area contributed by atoms with E-state index in [9.17, 15) is 14.0 Å². The first-order valence-corrected chi connectivity index (χ1v) is 11.1. The molecule has 0 atom stereocenters. The van der Waals surface area contributed by atoms with Gasteiger partial charge in [-0.1, -0.05) is 12.8 Å². The van der Waals surface area contributed by atoms with Gasteiger partial charge in [0.25, 0.3) is 5.56 Å². The number of aromatic nitrogens is 2. The topological polar surface area (TPSA) is 98.3 Å². The Balaban J connectivity index is 1.47. The molecule has 3 N–H and O–H groups in total. The van der Waals surface area contributed by atoms with E-state index in [1.165, 1.54) is 23.8 Å². The van der Waals surface area contributed by atoms with Gasteiger partial charge in [-0.3, -0.25) is 4.79 Å². The zero-order valence-corrected chi connectivity index (χ0v) is 16.9. The predicted molar refractivity (Wildman–Crippen MR) is 112 cm³/mol. The van der Waals surface area contributed by atoms with Gasteiger partial charge in [0, 0.05) is 30.1 Å². The number of fused-ring (bicyclic) bond motifs is 1. The SMILES string of the molecule is O=C(O)N1CCC(SCc2nc3cc(NC4CCCC4)cc(F)c3c(=O)[nH]2)CC1. The summed E-state index contributed by atoms with van der Waals surface area (Å²) in [6, 6.07) is 3.48. The zero-order chi connectivity index (χ0) is 20.4. The molecule has 1 aliphatic heterocycles. The summed E-state index contributed by atoms with van der Waals surface area (Å²) in [6.07, 6.45) is 5.18. The molecule has 2 fully saturated rings. The van der Waals surface area contributed by atoms with Gasteiger partial charge in [-0.15, -0.1) is 0 Å². The molecule has 1 aromatic heterocycles. The Morgan fingerprint density at radius 1 is 1.28 bits per heavy atom. The quantitative estimate of drug-likeness (QED) is 0.681. The van der Waals surface area contributed by atoms with Crippen LogP contribution in [-0.4, -0.2) is 50.4 Å². The van der Waals surface area contributed by atoms with Gasteiger partial charge < -0.3 is 20.3 Å². The van der Waals surface area contributed by atoms with Crippen molar-refractivity contribution in [3.05, 3.63) is 34.1 Å². The Morgan fingerprint density at radius 2 is 2.00 bits per heavy atom. The molecular weight excluding hydrogens is 395 g/mol. The number of hydrogen-bond acceptors (Lipinski definition) is 5. The summed E-state index contributed by atoms with van der Waals surface area (Å²) >= 11 is 1.65. The minimum Gasteiger partial charge on any atom is -0.465 e. The van der Waals surface area contributed by atoms with Gasteiger partial charge in [-0.25, -0.2) is 14.2 Å². The lowest BCUT2D eigenvalue weighted by molar-refractivity contribution is 0.136. The summed E-state index contributed by atoms with van der Waals surface area (Å²) in [5.41, 5.74) is 0.571. The Labute approximate surface area is 172 Å². The standard InChI is InChI=1S/C20H25FN4O3S/c21-15-9-13(22-12-3-1-2-4-12)10-16-18(15)19(26)24-17(23-16)11-29-14-5-7-25(8-6-14)20(27)28/h9-10,12,14,22H,1-8,11H2,(H,27,28)(H,23,24,26). The molecule has 156 valence electrons. The second kappa shape index (κ2) is 8.61. The number of aromatic amines is 1. The maximum Gasteiger partial charge on any atom is 0.407 e. The van der Waals surface area contributed by atoms with E-state index in [0.717, 1.165) is 25.7 Å². The van der Waals surface area contributed by atoms with Crippen molar-refractivity contribution in [2.75, 3.05) is 18.4 Å². The third-order valence-electron chi connectivity index (χ3n) is 5.70. The largest absolute Gasteiger partial charge is 0.465 e. The minimum absolute atomic E-state index is 0.00881. The highest BCUT2D eigenvalue weighted by molar-refractivity contribution is 7.99. The third kappa shape index (κ3) is 4.66. The Hall–Kier alpha value is -2.29. The Bertz CT molecular complexity index is 953. The maximum absolute atomic E-state index is 14.5. The van der Waals surface area contributed by atoms with Gasteiger partial charge >= 0.3 is 6.09 Å². The number of H-pyrrole nitrogens is 1. The average Bonchev–Trinajstić information content (AvgIpc) is 3.19. The molecule has 2 aliphatic rings. The number of likely N-dealkylation sites (tertiary alicyclic amines) is 1. The fraction of sp³-hybridized carbons (Fsp3) is 0.550. The fourth-order valence-electron chi connectivity index (χ4n) is 4.14. The van der Waals surface area contributed by atoms with Crippen LogP contribution in [0.4, 0.5) is 14.9 Å². The number of halogens is 1. The summed E-state index contributed by atoms with van der Waals surface area (Å²) in [4.78, 5) is 32.0. The van der Waals surface area contributed by atoms with E-state index in [-0.39, 0.29) is 5.39 Å². The van der Waals surface area contributed by atoms with Crippen molar-refractivity contribution >= 4 is 34.4 Å². The lowest BCUT2D eigenvalue weighted by atomic mass is 10.1. The first-order chi connectivity index (χ1) is 14.0. The first-order valence-electron chi connectivity index (χ1n) is 10.1. The number of piperidine rings is 1. The van der Waals surface area contributed by atoms with Crippen LogP contribution in [0.25, 0.3) is 10.9 Å². The number of hydrogen-bond donors (Lipinski definition) is 3. The van der Waals surface area contributed by atoms with E-state index in [4.69, 9.17) is 5.11 Å². The van der Waals surface area contributed by atoms with Gasteiger partial charge in [0.1, 0.15) is 17.0 Å². The summed E-state index contributed by atoms with van der Waals surface area (Å²) in [7, 11) is 0. The van der Waals surface area contributed by atoms with E-state index < -0.39 is 17.5 Å². The van der Waals surface area contributed by atoms with Crippen LogP contribution in [0.5, 0.6) is 0 Å². The van der Waals surface area contributed by atoms with E-state index >= 15 is 0 Å². The molecule has 0 bridgehead atoms. The Morgan fingerprint density at radius 3 is 2.69 bits per heavy atom. The number of benzene rings is 1. The second-order valence-corrected chi connectivity index (χ2v) is 9.06. The molecule has 1 saturated carbocycles. The van der Waals surface area contributed by atoms with Crippen LogP contribution in [0.1, 0.15) is 44.3 Å². The van der Waals surface area contributed by atoms with Crippen molar-refractivity contribution in [1.82, 2.24) is 14.9 Å². The van der Waals surface area contributed by atoms with E-state index in [0.29, 0.717) is 47.2 Å². The summed E-state index contributed by atoms with van der Waals surface area (Å²) in [5, 5.41) is 12.7. The lowest BCUT2D eigenvalue weighted by Crippen LogP contribution is -2.38. The van der Waals surface area contributed by atoms with Crippen LogP contribution in [0.3, 0.4) is 0 Å². The lowest BCUT2D eigenvalue weighted by Gasteiger charge is -2.29. The minimum atomic E-state index is -0.877. The van der Waals surface area contributed by atoms with Gasteiger partial charge in [0.2, 0.25) is 0 Å². The summed E-state index contributed by atoms with van der Waals surface area (Å²) in [6.45, 7) is 1.05. The van der Waals surface area contributed by atoms with Crippen LogP contribution in [0.15, 0.2) is 16.9 Å². The van der Waals surface area contributed by atoms with Crippen molar-refractivity contribution in [3.63, 3.8) is 0 Å². The number of amides is 1. The molecule has 0 unspecified atom stereocenters. The highest BCUT2D eigenvalue weighted by Gasteiger charge is 2.23. The fourth-order valence-corrected chi connectivity index (χ4v) is 5.21. The summed E-state index contributed by atoms with van der Waals surface area (Å²) in [5.74, 6) is 0.465. The molecule has 0 spiro atoms. The average molecular weight is 421 g/mol. The zero-order valence-electron chi connectivity index (χ0n) is 16.1. The van der Waals surface area contributed by atoms with Gasteiger partial charge in [0.05, 0.1) is 11.3 Å². The molecule has 0 radical (unpaired) electrons. The van der Waals surface area contributed by atoms with Crippen LogP contribution < -0.4 is 10.9 Å². The Kier molecular flexibility index (Phi) is 5.94. The highest BCUT2D eigenvalue weighted by Crippen LogP contribution is 2.27. The van der Waals surface area contributed by atoms with Gasteiger partial charge in [0.15, 0.2) is 0 Å². The number of carbonyl (C=O) groups is 1. The van der Waals surface area contributed by atoms with Crippen molar-refractivity contribution < 1.29 is 14.3 Å². The monoisotopic (exact) mass is 420 g/mol. The van der Waals surface area contributed by atoms with E-state index in [1.807, 2.05) is 0 Å². The number of anilines is 1. The molecule has 29 heavy (non-hydrogen) atoms. The molecule has 1 aromatic carbocycles. The van der Waals surface area contributed by atoms with Crippen molar-refractivity contribution in [1.29, 1.82) is 0 Å². The number of thioether (sulfide) groups is 1. The molecule has 2 heterocycles. The number of nitrogens with zero attached hydrogens (tertiary/aromatic N) is 2. The highest BCUT2D eigenvalue weighted by atomic mass is 32.2. The van der Waals surface area contributed by atoms with Crippen LogP contribution in [-0.2, 0) is 5.75 Å². The third-order valence-corrected chi connectivity index (χ3v) is 7.09. The van der Waals surface area contributed by atoms with Crippen LogP contribution in [0.2, 0.25) is 0 Å². The van der Waals surface area contributed by atoms with Gasteiger partial charge in [-0.05, 0) is 37.8 Å². The van der Waals surface area contributed by atoms with Crippen LogP contribution in [0, 0.1) is 5.82 Å². The molecule has 1 amide bonds. The van der Waals surface area contributed by atoms with Crippen molar-refractivity contribution in [2.24, 2.45) is 0 Å². The molecule has 2 aromatic rings. The van der Waals surface area contributed by atoms with Crippen molar-refractivity contribution in [2.45, 2.75) is 55.6 Å². The van der Waals surface area contributed by atoms with E-state index in [2.05, 4.69) is 15.3 Å². The van der Waals surface area contributed by atoms with Gasteiger partial charge in [-0.2, -0.15) is 11.8 Å². The molecule has 1 aliphatic carbocycles. The van der Waals surface area contributed by atoms with Crippen LogP contribution >= 0.6 is 11.8 Å². The normalized spacial score (nSPS) is 18.4. The molecule has 7 nitrogen and oxygen atoms in total. The molecular formula is C20H25FN4O3S. The molecule has 4 rings (SSSR count). The number of carboxylic acid groups (broad SMARTS) is 1. The molecule has 9 heteroatoms.